The maximum atomic E-state index is 12.5. The van der Waals surface area contributed by atoms with Crippen LogP contribution in [0.2, 0.25) is 0 Å². The number of benzene rings is 1. The molecule has 0 spiro atoms. The van der Waals surface area contributed by atoms with E-state index in [1.165, 1.54) is 41.1 Å². The van der Waals surface area contributed by atoms with Crippen molar-refractivity contribution in [3.8, 4) is 5.75 Å². The van der Waals surface area contributed by atoms with Crippen molar-refractivity contribution in [1.82, 2.24) is 14.7 Å². The summed E-state index contributed by atoms with van der Waals surface area (Å²) < 4.78 is 6.93. The lowest BCUT2D eigenvalue weighted by Gasteiger charge is -2.14. The summed E-state index contributed by atoms with van der Waals surface area (Å²) in [7, 11) is 0. The molecule has 2 heterocycles. The molecule has 3 aromatic rings. The number of anilines is 1. The fourth-order valence-electron chi connectivity index (χ4n) is 3.06. The number of ether oxygens (including phenoxy) is 1. The first kappa shape index (κ1) is 23.7. The van der Waals surface area contributed by atoms with E-state index in [0.717, 1.165) is 0 Å². The summed E-state index contributed by atoms with van der Waals surface area (Å²) in [6.45, 7) is 0. The van der Waals surface area contributed by atoms with Gasteiger partial charge in [0, 0.05) is 23.8 Å². The minimum atomic E-state index is -1.57. The van der Waals surface area contributed by atoms with Gasteiger partial charge in [-0.1, -0.05) is 0 Å². The van der Waals surface area contributed by atoms with Gasteiger partial charge in [0.05, 0.1) is 18.4 Å². The quantitative estimate of drug-likeness (QED) is 0.145. The second-order valence-electron chi connectivity index (χ2n) is 7.05. The average molecular weight is 468 g/mol. The van der Waals surface area contributed by atoms with E-state index in [1.54, 1.807) is 12.1 Å². The Morgan fingerprint density at radius 2 is 1.82 bits per heavy atom. The van der Waals surface area contributed by atoms with Crippen LogP contribution in [0.25, 0.3) is 5.65 Å². The minimum Gasteiger partial charge on any atom is -0.481 e. The first-order valence-electron chi connectivity index (χ1n) is 9.76. The number of hydrogen-bond donors (Lipinski definition) is 6. The Balaban J connectivity index is 1.74. The molecule has 2 aromatic heterocycles. The molecule has 0 aliphatic rings. The van der Waals surface area contributed by atoms with Crippen LogP contribution in [-0.2, 0) is 20.8 Å². The summed E-state index contributed by atoms with van der Waals surface area (Å²) in [5.74, 6) is -4.31. The lowest BCUT2D eigenvalue weighted by molar-refractivity contribution is -0.147. The maximum absolute atomic E-state index is 12.5. The van der Waals surface area contributed by atoms with E-state index in [2.05, 4.69) is 15.6 Å². The Bertz CT molecular complexity index is 1270. The van der Waals surface area contributed by atoms with Crippen molar-refractivity contribution in [1.29, 1.82) is 5.41 Å². The summed E-state index contributed by atoms with van der Waals surface area (Å²) in [5, 5.41) is 29.9. The molecule has 7 N–H and O–H groups in total. The second-order valence-corrected chi connectivity index (χ2v) is 7.05. The normalized spacial score (nSPS) is 11.4. The third-order valence-electron chi connectivity index (χ3n) is 4.55. The number of amides is 1. The van der Waals surface area contributed by atoms with Gasteiger partial charge in [0.15, 0.2) is 17.4 Å². The van der Waals surface area contributed by atoms with E-state index in [-0.39, 0.29) is 29.3 Å². The number of nitrogens with one attached hydrogen (secondary N) is 3. The lowest BCUT2D eigenvalue weighted by atomic mass is 10.2. The van der Waals surface area contributed by atoms with E-state index in [9.17, 15) is 19.2 Å². The molecule has 0 saturated carbocycles. The molecule has 0 bridgehead atoms. The molecule has 0 fully saturated rings. The van der Waals surface area contributed by atoms with E-state index in [1.807, 2.05) is 0 Å². The number of nitrogens with two attached hydrogens (primary N) is 1. The number of rotatable bonds is 9. The molecule has 0 aliphatic heterocycles. The van der Waals surface area contributed by atoms with Gasteiger partial charge in [-0.15, -0.1) is 0 Å². The SMILES string of the molecule is N=C(N)Nc1ccc(C(=O)Oc2ccc(CC(=O)NC(CC(=O)O)C(=O)O)n3ccnc23)cc1. The molecule has 0 saturated heterocycles. The minimum absolute atomic E-state index is 0.124. The zero-order valence-electron chi connectivity index (χ0n) is 17.5. The summed E-state index contributed by atoms with van der Waals surface area (Å²) >= 11 is 0. The van der Waals surface area contributed by atoms with E-state index < -0.39 is 36.3 Å². The number of aliphatic carboxylic acids is 2. The van der Waals surface area contributed by atoms with Crippen LogP contribution in [0, 0.1) is 5.41 Å². The molecule has 1 atom stereocenters. The van der Waals surface area contributed by atoms with Gasteiger partial charge >= 0.3 is 17.9 Å². The van der Waals surface area contributed by atoms with E-state index in [4.69, 9.17) is 26.1 Å². The fraction of sp³-hybridized carbons (Fsp3) is 0.143. The van der Waals surface area contributed by atoms with Crippen molar-refractivity contribution < 1.29 is 34.1 Å². The highest BCUT2D eigenvalue weighted by molar-refractivity contribution is 5.94. The smallest absolute Gasteiger partial charge is 0.343 e. The molecular formula is C21H20N6O7. The van der Waals surface area contributed by atoms with Crippen LogP contribution in [0.15, 0.2) is 48.8 Å². The number of fused-ring (bicyclic) bond motifs is 1. The standard InChI is InChI=1S/C21H20N6O7/c22-21(23)25-12-3-1-11(2-4-12)20(33)34-15-6-5-13(27-8-7-24-18(15)27)9-16(28)26-14(19(31)32)10-17(29)30/h1-8,14H,9-10H2,(H,26,28)(H,29,30)(H,31,32)(H4,22,23,25). The third-order valence-corrected chi connectivity index (χ3v) is 4.55. The van der Waals surface area contributed by atoms with Crippen LogP contribution in [0.4, 0.5) is 5.69 Å². The zero-order chi connectivity index (χ0) is 24.8. The number of carbonyl (C=O) groups excluding carboxylic acids is 2. The first-order chi connectivity index (χ1) is 16.1. The number of carboxylic acids is 2. The lowest BCUT2D eigenvalue weighted by Crippen LogP contribution is -2.43. The van der Waals surface area contributed by atoms with Crippen molar-refractivity contribution >= 4 is 41.1 Å². The van der Waals surface area contributed by atoms with Crippen LogP contribution in [0.5, 0.6) is 5.75 Å². The highest BCUT2D eigenvalue weighted by Crippen LogP contribution is 2.22. The van der Waals surface area contributed by atoms with Gasteiger partial charge in [-0.2, -0.15) is 0 Å². The van der Waals surface area contributed by atoms with Crippen LogP contribution < -0.4 is 21.1 Å². The van der Waals surface area contributed by atoms with Gasteiger partial charge in [-0.05, 0) is 36.4 Å². The highest BCUT2D eigenvalue weighted by atomic mass is 16.5. The van der Waals surface area contributed by atoms with Gasteiger partial charge in [0.25, 0.3) is 0 Å². The van der Waals surface area contributed by atoms with Gasteiger partial charge in [-0.25, -0.2) is 14.6 Å². The predicted octanol–water partition coefficient (Wildman–Crippen LogP) is 0.445. The van der Waals surface area contributed by atoms with Gasteiger partial charge in [-0.3, -0.25) is 15.0 Å². The summed E-state index contributed by atoms with van der Waals surface area (Å²) in [5.41, 5.74) is 6.67. The summed E-state index contributed by atoms with van der Waals surface area (Å²) in [6, 6.07) is 7.47. The number of imidazole rings is 1. The Morgan fingerprint density at radius 3 is 2.44 bits per heavy atom. The molecule has 3 rings (SSSR count). The topological polar surface area (TPSA) is 209 Å². The number of aromatic nitrogens is 2. The van der Waals surface area contributed by atoms with Gasteiger partial charge in [0.2, 0.25) is 5.91 Å². The van der Waals surface area contributed by atoms with Crippen molar-refractivity contribution in [2.75, 3.05) is 5.32 Å². The number of carbonyl (C=O) groups is 4. The number of hydrogen-bond acceptors (Lipinski definition) is 7. The molecule has 13 heteroatoms. The van der Waals surface area contributed by atoms with Crippen molar-refractivity contribution in [3.63, 3.8) is 0 Å². The number of esters is 1. The Labute approximate surface area is 191 Å². The fourth-order valence-corrected chi connectivity index (χ4v) is 3.06. The van der Waals surface area contributed by atoms with E-state index >= 15 is 0 Å². The van der Waals surface area contributed by atoms with Gasteiger partial charge < -0.3 is 35.7 Å². The Hall–Kier alpha value is -4.94. The molecule has 0 radical (unpaired) electrons. The number of carboxylic acid groups (broad SMARTS) is 2. The molecule has 13 nitrogen and oxygen atoms in total. The molecule has 34 heavy (non-hydrogen) atoms. The number of guanidine groups is 1. The molecule has 1 aromatic carbocycles. The molecular weight excluding hydrogens is 448 g/mol. The average Bonchev–Trinajstić information content (AvgIpc) is 3.25. The summed E-state index contributed by atoms with van der Waals surface area (Å²) in [4.78, 5) is 50.9. The third kappa shape index (κ3) is 5.85. The molecule has 1 unspecified atom stereocenters. The maximum Gasteiger partial charge on any atom is 0.343 e. The highest BCUT2D eigenvalue weighted by Gasteiger charge is 2.23. The Kier molecular flexibility index (Phi) is 7.06. The Morgan fingerprint density at radius 1 is 1.12 bits per heavy atom. The van der Waals surface area contributed by atoms with Crippen molar-refractivity contribution in [2.24, 2.45) is 5.73 Å². The first-order valence-corrected chi connectivity index (χ1v) is 9.76. The van der Waals surface area contributed by atoms with Crippen LogP contribution in [0.3, 0.4) is 0 Å². The zero-order valence-corrected chi connectivity index (χ0v) is 17.5. The van der Waals surface area contributed by atoms with Gasteiger partial charge in [0.1, 0.15) is 6.04 Å². The van der Waals surface area contributed by atoms with Crippen LogP contribution >= 0.6 is 0 Å². The summed E-state index contributed by atoms with van der Waals surface area (Å²) in [6.07, 6.45) is 1.93. The second kappa shape index (κ2) is 10.1. The van der Waals surface area contributed by atoms with E-state index in [0.29, 0.717) is 11.4 Å². The number of pyridine rings is 1. The van der Waals surface area contributed by atoms with Crippen LogP contribution in [0.1, 0.15) is 22.5 Å². The molecule has 1 amide bonds. The molecule has 176 valence electrons. The van der Waals surface area contributed by atoms with Crippen molar-refractivity contribution in [2.45, 2.75) is 18.9 Å². The van der Waals surface area contributed by atoms with Crippen LogP contribution in [-0.4, -0.2) is 55.4 Å². The number of nitrogens with zero attached hydrogens (tertiary/aromatic N) is 2. The van der Waals surface area contributed by atoms with Crippen molar-refractivity contribution in [3.05, 3.63) is 60.0 Å². The largest absolute Gasteiger partial charge is 0.481 e. The molecule has 0 aliphatic carbocycles. The monoisotopic (exact) mass is 468 g/mol. The predicted molar refractivity (Wildman–Crippen MR) is 118 cm³/mol.